The molecule has 104 valence electrons. The predicted octanol–water partition coefficient (Wildman–Crippen LogP) is 2.32. The molecule has 1 aliphatic heterocycles. The van der Waals surface area contributed by atoms with Gasteiger partial charge < -0.3 is 10.6 Å². The summed E-state index contributed by atoms with van der Waals surface area (Å²) in [4.78, 5) is 17.0. The van der Waals surface area contributed by atoms with Crippen LogP contribution < -0.4 is 10.6 Å². The van der Waals surface area contributed by atoms with Gasteiger partial charge in [-0.05, 0) is 34.7 Å². The first-order chi connectivity index (χ1) is 9.02. The van der Waals surface area contributed by atoms with E-state index in [4.69, 9.17) is 5.73 Å². The van der Waals surface area contributed by atoms with E-state index in [-0.39, 0.29) is 11.7 Å². The molecular formula is C12H17BrN4O2. The van der Waals surface area contributed by atoms with E-state index < -0.39 is 4.92 Å². The van der Waals surface area contributed by atoms with Crippen LogP contribution in [0, 0.1) is 16.0 Å². The number of nitro groups is 1. The first kappa shape index (κ1) is 14.2. The highest BCUT2D eigenvalue weighted by atomic mass is 79.9. The zero-order valence-corrected chi connectivity index (χ0v) is 12.3. The van der Waals surface area contributed by atoms with Gasteiger partial charge in [0.25, 0.3) is 0 Å². The van der Waals surface area contributed by atoms with Gasteiger partial charge in [-0.2, -0.15) is 0 Å². The molecule has 6 nitrogen and oxygen atoms in total. The molecule has 0 bridgehead atoms. The maximum absolute atomic E-state index is 11.2. The zero-order valence-electron chi connectivity index (χ0n) is 10.8. The van der Waals surface area contributed by atoms with Crippen molar-refractivity contribution in [2.75, 3.05) is 18.0 Å². The van der Waals surface area contributed by atoms with Crippen molar-refractivity contribution < 1.29 is 4.92 Å². The number of hydrogen-bond donors (Lipinski definition) is 1. The largest absolute Gasteiger partial charge is 0.347 e. The van der Waals surface area contributed by atoms with Crippen molar-refractivity contribution in [3.8, 4) is 0 Å². The Balaban J connectivity index is 2.37. The summed E-state index contributed by atoms with van der Waals surface area (Å²) < 4.78 is 0.609. The molecule has 1 saturated heterocycles. The second-order valence-electron chi connectivity index (χ2n) is 4.97. The number of anilines is 1. The molecule has 19 heavy (non-hydrogen) atoms. The van der Waals surface area contributed by atoms with Crippen molar-refractivity contribution in [1.29, 1.82) is 0 Å². The minimum Gasteiger partial charge on any atom is -0.347 e. The van der Waals surface area contributed by atoms with Crippen molar-refractivity contribution in [2.24, 2.45) is 11.7 Å². The topological polar surface area (TPSA) is 85.3 Å². The quantitative estimate of drug-likeness (QED) is 0.679. The van der Waals surface area contributed by atoms with Crippen LogP contribution in [0.2, 0.25) is 0 Å². The van der Waals surface area contributed by atoms with E-state index in [0.29, 0.717) is 22.8 Å². The molecule has 0 amide bonds. The summed E-state index contributed by atoms with van der Waals surface area (Å²) in [5.41, 5.74) is 5.83. The minimum absolute atomic E-state index is 0.0300. The Morgan fingerprint density at radius 1 is 1.68 bits per heavy atom. The number of nitrogens with zero attached hydrogens (tertiary/aromatic N) is 3. The lowest BCUT2D eigenvalue weighted by molar-refractivity contribution is -0.384. The Labute approximate surface area is 120 Å². The van der Waals surface area contributed by atoms with Crippen molar-refractivity contribution >= 4 is 27.4 Å². The van der Waals surface area contributed by atoms with Gasteiger partial charge in [0.05, 0.1) is 4.92 Å². The first-order valence-electron chi connectivity index (χ1n) is 6.29. The van der Waals surface area contributed by atoms with Crippen molar-refractivity contribution in [3.63, 3.8) is 0 Å². The van der Waals surface area contributed by atoms with Crippen LogP contribution in [0.1, 0.15) is 19.8 Å². The molecule has 2 rings (SSSR count). The van der Waals surface area contributed by atoms with Gasteiger partial charge in [-0.3, -0.25) is 10.1 Å². The third-order valence-electron chi connectivity index (χ3n) is 3.53. The average Bonchev–Trinajstić information content (AvgIpc) is 2.38. The molecule has 1 aromatic rings. The van der Waals surface area contributed by atoms with E-state index in [2.05, 4.69) is 27.8 Å². The number of piperidine rings is 1. The number of aromatic nitrogens is 1. The summed E-state index contributed by atoms with van der Waals surface area (Å²) in [6.07, 6.45) is 3.55. The fourth-order valence-electron chi connectivity index (χ4n) is 2.53. The molecule has 2 unspecified atom stereocenters. The standard InChI is InChI=1S/C12H17BrN4O2/c1-8-2-3-16(10(4-8)6-14)12-11(17(18)19)5-9(13)7-15-12/h5,7-8,10H,2-4,6,14H2,1H3. The minimum atomic E-state index is -0.390. The number of pyridine rings is 1. The summed E-state index contributed by atoms with van der Waals surface area (Å²) in [7, 11) is 0. The summed E-state index contributed by atoms with van der Waals surface area (Å²) in [6.45, 7) is 3.43. The highest BCUT2D eigenvalue weighted by Gasteiger charge is 2.31. The molecule has 2 heterocycles. The lowest BCUT2D eigenvalue weighted by Gasteiger charge is -2.38. The van der Waals surface area contributed by atoms with Crippen molar-refractivity contribution in [3.05, 3.63) is 26.9 Å². The molecule has 0 radical (unpaired) electrons. The molecule has 0 aliphatic carbocycles. The number of nitrogens with two attached hydrogens (primary N) is 1. The Kier molecular flexibility index (Phi) is 4.36. The fourth-order valence-corrected chi connectivity index (χ4v) is 2.85. The Morgan fingerprint density at radius 3 is 3.05 bits per heavy atom. The van der Waals surface area contributed by atoms with Gasteiger partial charge in [-0.1, -0.05) is 6.92 Å². The van der Waals surface area contributed by atoms with Gasteiger partial charge in [-0.25, -0.2) is 4.98 Å². The van der Waals surface area contributed by atoms with E-state index >= 15 is 0 Å². The van der Waals surface area contributed by atoms with Crippen LogP contribution in [0.4, 0.5) is 11.5 Å². The molecule has 7 heteroatoms. The highest BCUT2D eigenvalue weighted by Crippen LogP contribution is 2.33. The Hall–Kier alpha value is -1.21. The third kappa shape index (κ3) is 3.03. The van der Waals surface area contributed by atoms with Crippen LogP contribution in [0.5, 0.6) is 0 Å². The maximum atomic E-state index is 11.2. The molecule has 2 N–H and O–H groups in total. The van der Waals surface area contributed by atoms with Crippen molar-refractivity contribution in [1.82, 2.24) is 4.98 Å². The van der Waals surface area contributed by atoms with Crippen LogP contribution in [0.3, 0.4) is 0 Å². The smallest absolute Gasteiger partial charge is 0.312 e. The van der Waals surface area contributed by atoms with E-state index in [1.807, 2.05) is 4.90 Å². The van der Waals surface area contributed by atoms with Gasteiger partial charge in [0, 0.05) is 35.9 Å². The summed E-state index contributed by atoms with van der Waals surface area (Å²) in [5, 5.41) is 11.2. The van der Waals surface area contributed by atoms with Crippen LogP contribution in [-0.4, -0.2) is 29.0 Å². The lowest BCUT2D eigenvalue weighted by Crippen LogP contribution is -2.47. The normalized spacial score (nSPS) is 23.4. The van der Waals surface area contributed by atoms with Crippen LogP contribution >= 0.6 is 15.9 Å². The fraction of sp³-hybridized carbons (Fsp3) is 0.583. The van der Waals surface area contributed by atoms with Gasteiger partial charge in [0.1, 0.15) is 0 Å². The van der Waals surface area contributed by atoms with E-state index in [9.17, 15) is 10.1 Å². The number of halogens is 1. The molecular weight excluding hydrogens is 312 g/mol. The Bertz CT molecular complexity index is 483. The van der Waals surface area contributed by atoms with Crippen LogP contribution in [0.25, 0.3) is 0 Å². The summed E-state index contributed by atoms with van der Waals surface area (Å²) in [5.74, 6) is 1.02. The second kappa shape index (κ2) is 5.83. The molecule has 0 saturated carbocycles. The van der Waals surface area contributed by atoms with E-state index in [1.54, 1.807) is 6.20 Å². The predicted molar refractivity (Wildman–Crippen MR) is 77.2 cm³/mol. The van der Waals surface area contributed by atoms with Gasteiger partial charge in [0.2, 0.25) is 5.82 Å². The molecule has 1 aliphatic rings. The van der Waals surface area contributed by atoms with Gasteiger partial charge in [-0.15, -0.1) is 0 Å². The van der Waals surface area contributed by atoms with Crippen molar-refractivity contribution in [2.45, 2.75) is 25.8 Å². The summed E-state index contributed by atoms with van der Waals surface area (Å²) in [6, 6.07) is 1.62. The number of hydrogen-bond acceptors (Lipinski definition) is 5. The van der Waals surface area contributed by atoms with E-state index in [1.165, 1.54) is 6.07 Å². The molecule has 1 fully saturated rings. The van der Waals surface area contributed by atoms with Crippen LogP contribution in [0.15, 0.2) is 16.7 Å². The SMILES string of the molecule is CC1CCN(c2ncc(Br)cc2[N+](=O)[O-])C(CN)C1. The highest BCUT2D eigenvalue weighted by molar-refractivity contribution is 9.10. The maximum Gasteiger partial charge on any atom is 0.312 e. The van der Waals surface area contributed by atoms with Gasteiger partial charge in [0.15, 0.2) is 0 Å². The van der Waals surface area contributed by atoms with Crippen LogP contribution in [-0.2, 0) is 0 Å². The Morgan fingerprint density at radius 2 is 2.42 bits per heavy atom. The van der Waals surface area contributed by atoms with E-state index in [0.717, 1.165) is 19.4 Å². The average molecular weight is 329 g/mol. The molecule has 1 aromatic heterocycles. The van der Waals surface area contributed by atoms with Gasteiger partial charge >= 0.3 is 5.69 Å². The monoisotopic (exact) mass is 328 g/mol. The second-order valence-corrected chi connectivity index (χ2v) is 5.88. The zero-order chi connectivity index (χ0) is 14.0. The molecule has 2 atom stereocenters. The molecule has 0 aromatic carbocycles. The molecule has 0 spiro atoms. The first-order valence-corrected chi connectivity index (χ1v) is 7.09. The lowest BCUT2D eigenvalue weighted by atomic mass is 9.92. The third-order valence-corrected chi connectivity index (χ3v) is 3.97. The number of rotatable bonds is 3. The summed E-state index contributed by atoms with van der Waals surface area (Å²) >= 11 is 3.22.